The van der Waals surface area contributed by atoms with Crippen molar-refractivity contribution in [3.05, 3.63) is 59.4 Å². The predicted octanol–water partition coefficient (Wildman–Crippen LogP) is 3.67. The summed E-state index contributed by atoms with van der Waals surface area (Å²) >= 11 is 0. The molecule has 1 amide bonds. The quantitative estimate of drug-likeness (QED) is 0.858. The van der Waals surface area contributed by atoms with Gasteiger partial charge in [0.05, 0.1) is 12.7 Å². The van der Waals surface area contributed by atoms with Gasteiger partial charge in [0.2, 0.25) is 0 Å². The van der Waals surface area contributed by atoms with Crippen molar-refractivity contribution >= 4 is 11.6 Å². The van der Waals surface area contributed by atoms with Crippen LogP contribution in [-0.4, -0.2) is 20.1 Å². The molecule has 21 heavy (non-hydrogen) atoms. The molecular formula is C17H18FNO2. The molecule has 0 spiro atoms. The number of carbonyl (C=O) groups is 1. The van der Waals surface area contributed by atoms with Crippen molar-refractivity contribution in [2.45, 2.75) is 13.3 Å². The van der Waals surface area contributed by atoms with Crippen molar-refractivity contribution in [3.8, 4) is 5.75 Å². The monoisotopic (exact) mass is 287 g/mol. The number of anilines is 1. The fourth-order valence-corrected chi connectivity index (χ4v) is 2.05. The third-order valence-corrected chi connectivity index (χ3v) is 3.44. The number of halogens is 1. The maximum Gasteiger partial charge on any atom is 0.260 e. The van der Waals surface area contributed by atoms with Gasteiger partial charge in [-0.15, -0.1) is 0 Å². The van der Waals surface area contributed by atoms with Crippen LogP contribution in [0.4, 0.5) is 10.1 Å². The van der Waals surface area contributed by atoms with Gasteiger partial charge in [-0.05, 0) is 36.2 Å². The molecule has 4 heteroatoms. The van der Waals surface area contributed by atoms with Gasteiger partial charge >= 0.3 is 0 Å². The van der Waals surface area contributed by atoms with E-state index in [0.717, 1.165) is 12.1 Å². The molecule has 0 aromatic heterocycles. The average molecular weight is 287 g/mol. The van der Waals surface area contributed by atoms with E-state index >= 15 is 0 Å². The molecular weight excluding hydrogens is 269 g/mol. The molecule has 0 unspecified atom stereocenters. The van der Waals surface area contributed by atoms with E-state index in [4.69, 9.17) is 4.74 Å². The summed E-state index contributed by atoms with van der Waals surface area (Å²) in [5.74, 6) is -0.588. The third kappa shape index (κ3) is 3.21. The van der Waals surface area contributed by atoms with Gasteiger partial charge in [-0.1, -0.05) is 19.1 Å². The zero-order valence-electron chi connectivity index (χ0n) is 12.4. The van der Waals surface area contributed by atoms with Crippen LogP contribution < -0.4 is 9.64 Å². The first kappa shape index (κ1) is 15.0. The molecule has 2 aromatic carbocycles. The van der Waals surface area contributed by atoms with Gasteiger partial charge in [-0.2, -0.15) is 0 Å². The largest absolute Gasteiger partial charge is 0.497 e. The first-order valence-electron chi connectivity index (χ1n) is 6.77. The lowest BCUT2D eigenvalue weighted by Crippen LogP contribution is -2.27. The molecule has 0 radical (unpaired) electrons. The van der Waals surface area contributed by atoms with Gasteiger partial charge in [0.25, 0.3) is 5.91 Å². The number of rotatable bonds is 4. The predicted molar refractivity (Wildman–Crippen MR) is 81.5 cm³/mol. The maximum atomic E-state index is 14.0. The van der Waals surface area contributed by atoms with Gasteiger partial charge in [0, 0.05) is 18.8 Å². The van der Waals surface area contributed by atoms with Crippen molar-refractivity contribution < 1.29 is 13.9 Å². The Hall–Kier alpha value is -2.36. The van der Waals surface area contributed by atoms with Gasteiger partial charge in [0.15, 0.2) is 0 Å². The van der Waals surface area contributed by atoms with Crippen molar-refractivity contribution in [3.63, 3.8) is 0 Å². The number of hydrogen-bond donors (Lipinski definition) is 0. The van der Waals surface area contributed by atoms with Crippen molar-refractivity contribution in [2.24, 2.45) is 0 Å². The number of aryl methyl sites for hydroxylation is 1. The highest BCUT2D eigenvalue weighted by Crippen LogP contribution is 2.21. The summed E-state index contributed by atoms with van der Waals surface area (Å²) in [6, 6.07) is 11.9. The summed E-state index contributed by atoms with van der Waals surface area (Å²) in [5.41, 5.74) is 1.94. The first-order valence-corrected chi connectivity index (χ1v) is 6.77. The number of carbonyl (C=O) groups excluding carboxylic acids is 1. The maximum absolute atomic E-state index is 14.0. The smallest absolute Gasteiger partial charge is 0.260 e. The Morgan fingerprint density at radius 3 is 2.38 bits per heavy atom. The second-order valence-corrected chi connectivity index (χ2v) is 4.73. The lowest BCUT2D eigenvalue weighted by molar-refractivity contribution is 0.0989. The summed E-state index contributed by atoms with van der Waals surface area (Å²) in [6.07, 6.45) is 0.936. The van der Waals surface area contributed by atoms with Crippen molar-refractivity contribution in [1.29, 1.82) is 0 Å². The van der Waals surface area contributed by atoms with E-state index in [-0.39, 0.29) is 11.5 Å². The van der Waals surface area contributed by atoms with E-state index in [2.05, 4.69) is 6.92 Å². The van der Waals surface area contributed by atoms with Crippen LogP contribution >= 0.6 is 0 Å². The molecule has 0 aliphatic heterocycles. The van der Waals surface area contributed by atoms with Crippen molar-refractivity contribution in [1.82, 2.24) is 0 Å². The summed E-state index contributed by atoms with van der Waals surface area (Å²) in [4.78, 5) is 13.8. The number of ether oxygens (including phenoxy) is 1. The van der Waals surface area contributed by atoms with Crippen LogP contribution in [0.25, 0.3) is 0 Å². The Labute approximate surface area is 124 Å². The average Bonchev–Trinajstić information content (AvgIpc) is 2.53. The normalized spacial score (nSPS) is 10.3. The summed E-state index contributed by atoms with van der Waals surface area (Å²) in [6.45, 7) is 2.07. The van der Waals surface area contributed by atoms with Gasteiger partial charge in [-0.25, -0.2) is 4.39 Å². The molecule has 0 N–H and O–H groups in total. The number of benzene rings is 2. The minimum Gasteiger partial charge on any atom is -0.497 e. The molecule has 0 aliphatic carbocycles. The molecule has 3 nitrogen and oxygen atoms in total. The molecule has 0 saturated carbocycles. The SMILES string of the molecule is CCc1ccc(N(C)C(=O)c2ccc(OC)cc2F)cc1. The third-order valence-electron chi connectivity index (χ3n) is 3.44. The highest BCUT2D eigenvalue weighted by molar-refractivity contribution is 6.06. The molecule has 0 saturated heterocycles. The van der Waals surface area contributed by atoms with Gasteiger partial charge < -0.3 is 9.64 Å². The second kappa shape index (κ2) is 6.39. The Bertz CT molecular complexity index is 638. The Morgan fingerprint density at radius 2 is 1.86 bits per heavy atom. The molecule has 2 aromatic rings. The number of nitrogens with zero attached hydrogens (tertiary/aromatic N) is 1. The van der Waals surface area contributed by atoms with Gasteiger partial charge in [-0.3, -0.25) is 4.79 Å². The van der Waals surface area contributed by atoms with Gasteiger partial charge in [0.1, 0.15) is 11.6 Å². The van der Waals surface area contributed by atoms with Crippen LogP contribution in [0.2, 0.25) is 0 Å². The molecule has 0 atom stereocenters. The van der Waals surface area contributed by atoms with Crippen LogP contribution in [0, 0.1) is 5.82 Å². The fourth-order valence-electron chi connectivity index (χ4n) is 2.05. The topological polar surface area (TPSA) is 29.5 Å². The number of amides is 1. The molecule has 0 bridgehead atoms. The summed E-state index contributed by atoms with van der Waals surface area (Å²) < 4.78 is 18.9. The van der Waals surface area contributed by atoms with Crippen LogP contribution in [0.15, 0.2) is 42.5 Å². The van der Waals surface area contributed by atoms with Crippen molar-refractivity contribution in [2.75, 3.05) is 19.1 Å². The molecule has 0 fully saturated rings. The first-order chi connectivity index (χ1) is 10.1. The highest BCUT2D eigenvalue weighted by Gasteiger charge is 2.18. The Morgan fingerprint density at radius 1 is 1.19 bits per heavy atom. The molecule has 0 heterocycles. The minimum absolute atomic E-state index is 0.0258. The number of methoxy groups -OCH3 is 1. The highest BCUT2D eigenvalue weighted by atomic mass is 19.1. The fraction of sp³-hybridized carbons (Fsp3) is 0.235. The Kier molecular flexibility index (Phi) is 4.58. The van der Waals surface area contributed by atoms with E-state index in [1.165, 1.54) is 29.7 Å². The van der Waals surface area contributed by atoms with E-state index in [1.54, 1.807) is 13.1 Å². The lowest BCUT2D eigenvalue weighted by atomic mass is 10.1. The van der Waals surface area contributed by atoms with Crippen LogP contribution in [0.1, 0.15) is 22.8 Å². The van der Waals surface area contributed by atoms with E-state index in [1.807, 2.05) is 24.3 Å². The molecule has 2 rings (SSSR count). The number of hydrogen-bond acceptors (Lipinski definition) is 2. The zero-order valence-corrected chi connectivity index (χ0v) is 12.4. The summed E-state index contributed by atoms with van der Waals surface area (Å²) in [7, 11) is 3.09. The van der Waals surface area contributed by atoms with E-state index in [0.29, 0.717) is 5.75 Å². The zero-order chi connectivity index (χ0) is 15.4. The molecule has 0 aliphatic rings. The van der Waals surface area contributed by atoms with Crippen LogP contribution in [0.3, 0.4) is 0 Å². The lowest BCUT2D eigenvalue weighted by Gasteiger charge is -2.18. The van der Waals surface area contributed by atoms with E-state index < -0.39 is 5.82 Å². The van der Waals surface area contributed by atoms with Crippen LogP contribution in [0.5, 0.6) is 5.75 Å². The van der Waals surface area contributed by atoms with E-state index in [9.17, 15) is 9.18 Å². The van der Waals surface area contributed by atoms with Crippen LogP contribution in [-0.2, 0) is 6.42 Å². The summed E-state index contributed by atoms with van der Waals surface area (Å²) in [5, 5.41) is 0. The molecule has 110 valence electrons. The standard InChI is InChI=1S/C17H18FNO2/c1-4-12-5-7-13(8-6-12)19(2)17(20)15-10-9-14(21-3)11-16(15)18/h5-11H,4H2,1-3H3. The second-order valence-electron chi connectivity index (χ2n) is 4.73. The Balaban J connectivity index is 2.25. The minimum atomic E-state index is -0.587.